The number of aryl methyl sites for hydroxylation is 2. The minimum absolute atomic E-state index is 0.0853. The number of para-hydroxylation sites is 1. The topological polar surface area (TPSA) is 90.6 Å². The van der Waals surface area contributed by atoms with Gasteiger partial charge in [-0.25, -0.2) is 4.68 Å². The minimum Gasteiger partial charge on any atom is -0.497 e. The number of carbonyl (C=O) groups is 2. The summed E-state index contributed by atoms with van der Waals surface area (Å²) in [6.45, 7) is 0.673. The van der Waals surface area contributed by atoms with Crippen LogP contribution in [0.5, 0.6) is 11.5 Å². The van der Waals surface area contributed by atoms with Crippen LogP contribution in [0.2, 0.25) is 0 Å². The second-order valence-electron chi connectivity index (χ2n) is 8.47. The lowest BCUT2D eigenvalue weighted by molar-refractivity contribution is -0.124. The number of aromatic nitrogens is 3. The number of hydrogen-bond acceptors (Lipinski definition) is 5. The largest absolute Gasteiger partial charge is 0.497 e. The Morgan fingerprint density at radius 3 is 2.74 bits per heavy atom. The first kappa shape index (κ1) is 22.5. The van der Waals surface area contributed by atoms with Crippen LogP contribution in [0.1, 0.15) is 12.0 Å². The summed E-state index contributed by atoms with van der Waals surface area (Å²) in [6, 6.07) is 15.4. The summed E-state index contributed by atoms with van der Waals surface area (Å²) in [6.07, 6.45) is 2.34. The summed E-state index contributed by atoms with van der Waals surface area (Å²) in [4.78, 5) is 27.1. The fourth-order valence-electron chi connectivity index (χ4n) is 4.49. The molecule has 0 radical (unpaired) electrons. The van der Waals surface area contributed by atoms with Gasteiger partial charge in [0, 0.05) is 60.4 Å². The summed E-state index contributed by atoms with van der Waals surface area (Å²) in [5, 5.41) is 8.74. The highest BCUT2D eigenvalue weighted by molar-refractivity contribution is 6.00. The van der Waals surface area contributed by atoms with E-state index >= 15 is 0 Å². The van der Waals surface area contributed by atoms with E-state index in [0.29, 0.717) is 30.3 Å². The monoisotopic (exact) mass is 473 g/mol. The van der Waals surface area contributed by atoms with E-state index in [9.17, 15) is 9.59 Å². The van der Waals surface area contributed by atoms with Gasteiger partial charge in [-0.05, 0) is 18.2 Å². The molecule has 1 aliphatic heterocycles. The van der Waals surface area contributed by atoms with E-state index in [2.05, 4.69) is 22.0 Å². The molecule has 35 heavy (non-hydrogen) atoms. The number of ether oxygens (including phenoxy) is 2. The third-order valence-electron chi connectivity index (χ3n) is 6.32. The Bertz CT molecular complexity index is 1420. The normalized spacial score (nSPS) is 13.1. The Hall–Kier alpha value is -4.27. The number of anilines is 1. The van der Waals surface area contributed by atoms with Crippen molar-refractivity contribution in [2.45, 2.75) is 19.5 Å². The van der Waals surface area contributed by atoms with Crippen molar-refractivity contribution in [1.29, 1.82) is 0 Å². The maximum Gasteiger partial charge on any atom is 0.240 e. The van der Waals surface area contributed by atoms with E-state index in [4.69, 9.17) is 14.6 Å². The number of hydrogen-bond donors (Lipinski definition) is 1. The summed E-state index contributed by atoms with van der Waals surface area (Å²) in [5.41, 5.74) is 3.69. The van der Waals surface area contributed by atoms with Crippen molar-refractivity contribution in [2.75, 3.05) is 25.7 Å². The summed E-state index contributed by atoms with van der Waals surface area (Å²) >= 11 is 0. The van der Waals surface area contributed by atoms with Gasteiger partial charge in [-0.2, -0.15) is 5.10 Å². The van der Waals surface area contributed by atoms with E-state index in [1.807, 2.05) is 43.6 Å². The lowest BCUT2D eigenvalue weighted by atomic mass is 10.1. The van der Waals surface area contributed by atoms with Crippen molar-refractivity contribution >= 4 is 28.5 Å². The summed E-state index contributed by atoms with van der Waals surface area (Å²) in [5.74, 6) is 1.56. The standard InChI is InChI=1S/C26H27N5O4/c1-29-15-20(19-6-4-5-7-22(19)29)21-13-25-30(26(33)10-11-31(25)28-21)16-24(32)27-14-17-8-9-18(34-2)12-23(17)35-3/h4-9,12-13,15H,10-11,14,16H2,1-3H3,(H,27,32). The molecule has 5 rings (SSSR count). The molecule has 0 unspecified atom stereocenters. The van der Waals surface area contributed by atoms with Crippen molar-refractivity contribution in [1.82, 2.24) is 19.7 Å². The van der Waals surface area contributed by atoms with Crippen LogP contribution in [-0.2, 0) is 29.7 Å². The molecule has 9 nitrogen and oxygen atoms in total. The van der Waals surface area contributed by atoms with Crippen molar-refractivity contribution in [3.63, 3.8) is 0 Å². The fourth-order valence-corrected chi connectivity index (χ4v) is 4.49. The average Bonchev–Trinajstić information content (AvgIpc) is 3.46. The number of fused-ring (bicyclic) bond motifs is 2. The molecule has 1 aliphatic rings. The van der Waals surface area contributed by atoms with Crippen LogP contribution in [-0.4, -0.2) is 46.9 Å². The maximum atomic E-state index is 12.8. The third-order valence-corrected chi connectivity index (χ3v) is 6.32. The Balaban J connectivity index is 1.35. The molecular weight excluding hydrogens is 446 g/mol. The molecule has 0 fully saturated rings. The smallest absolute Gasteiger partial charge is 0.240 e. The van der Waals surface area contributed by atoms with Gasteiger partial charge in [0.2, 0.25) is 11.8 Å². The van der Waals surface area contributed by atoms with Gasteiger partial charge in [-0.15, -0.1) is 0 Å². The highest BCUT2D eigenvalue weighted by atomic mass is 16.5. The molecule has 9 heteroatoms. The second-order valence-corrected chi connectivity index (χ2v) is 8.47. The lowest BCUT2D eigenvalue weighted by Gasteiger charge is -2.26. The number of nitrogens with one attached hydrogen (secondary N) is 1. The van der Waals surface area contributed by atoms with Crippen molar-refractivity contribution in [2.24, 2.45) is 7.05 Å². The first-order valence-electron chi connectivity index (χ1n) is 11.4. The van der Waals surface area contributed by atoms with Crippen molar-refractivity contribution in [3.05, 3.63) is 60.3 Å². The van der Waals surface area contributed by atoms with Crippen LogP contribution in [0, 0.1) is 0 Å². The zero-order chi connectivity index (χ0) is 24.5. The number of benzene rings is 2. The van der Waals surface area contributed by atoms with Crippen LogP contribution >= 0.6 is 0 Å². The molecule has 3 heterocycles. The molecule has 0 atom stereocenters. The third kappa shape index (κ3) is 4.21. The second kappa shape index (κ2) is 9.17. The predicted octanol–water partition coefficient (Wildman–Crippen LogP) is 3.11. The Morgan fingerprint density at radius 1 is 1.11 bits per heavy atom. The van der Waals surface area contributed by atoms with Gasteiger partial charge in [-0.3, -0.25) is 14.5 Å². The number of nitrogens with zero attached hydrogens (tertiary/aromatic N) is 4. The molecule has 0 saturated carbocycles. The number of rotatable bonds is 7. The molecule has 0 aliphatic carbocycles. The minimum atomic E-state index is -0.266. The summed E-state index contributed by atoms with van der Waals surface area (Å²) in [7, 11) is 5.16. The van der Waals surface area contributed by atoms with Crippen molar-refractivity contribution < 1.29 is 19.1 Å². The average molecular weight is 474 g/mol. The van der Waals surface area contributed by atoms with E-state index in [-0.39, 0.29) is 24.9 Å². The van der Waals surface area contributed by atoms with Gasteiger partial charge in [0.25, 0.3) is 0 Å². The Labute approximate surface area is 202 Å². The van der Waals surface area contributed by atoms with E-state index in [0.717, 1.165) is 27.7 Å². The number of methoxy groups -OCH3 is 2. The highest BCUT2D eigenvalue weighted by Crippen LogP contribution is 2.33. The SMILES string of the molecule is COc1ccc(CNC(=O)CN2C(=O)CCn3nc(-c4cn(C)c5ccccc45)cc32)c(OC)c1. The van der Waals surface area contributed by atoms with Crippen LogP contribution < -0.4 is 19.7 Å². The van der Waals surface area contributed by atoms with Crippen LogP contribution in [0.4, 0.5) is 5.82 Å². The first-order valence-corrected chi connectivity index (χ1v) is 11.4. The molecule has 0 spiro atoms. The maximum absolute atomic E-state index is 12.8. The van der Waals surface area contributed by atoms with Gasteiger partial charge < -0.3 is 19.4 Å². The number of carbonyl (C=O) groups excluding carboxylic acids is 2. The Morgan fingerprint density at radius 2 is 1.94 bits per heavy atom. The fraction of sp³-hybridized carbons (Fsp3) is 0.269. The molecule has 2 aromatic heterocycles. The van der Waals surface area contributed by atoms with Gasteiger partial charge in [0.15, 0.2) is 0 Å². The van der Waals surface area contributed by atoms with Crippen molar-refractivity contribution in [3.8, 4) is 22.8 Å². The van der Waals surface area contributed by atoms with E-state index < -0.39 is 0 Å². The van der Waals surface area contributed by atoms with Crippen LogP contribution in [0.25, 0.3) is 22.2 Å². The molecular formula is C26H27N5O4. The first-order chi connectivity index (χ1) is 17.0. The highest BCUT2D eigenvalue weighted by Gasteiger charge is 2.28. The van der Waals surface area contributed by atoms with Gasteiger partial charge in [0.1, 0.15) is 23.9 Å². The molecule has 4 aromatic rings. The van der Waals surface area contributed by atoms with Gasteiger partial charge in [0.05, 0.1) is 26.5 Å². The number of amides is 2. The zero-order valence-corrected chi connectivity index (χ0v) is 19.9. The van der Waals surface area contributed by atoms with Crippen LogP contribution in [0.3, 0.4) is 0 Å². The molecule has 1 N–H and O–H groups in total. The summed E-state index contributed by atoms with van der Waals surface area (Å²) < 4.78 is 14.5. The molecule has 180 valence electrons. The van der Waals surface area contributed by atoms with E-state index in [1.54, 1.807) is 25.0 Å². The molecule has 2 amide bonds. The molecule has 0 bridgehead atoms. The predicted molar refractivity (Wildman–Crippen MR) is 133 cm³/mol. The molecule has 0 saturated heterocycles. The van der Waals surface area contributed by atoms with Gasteiger partial charge in [-0.1, -0.05) is 18.2 Å². The quantitative estimate of drug-likeness (QED) is 0.445. The zero-order valence-electron chi connectivity index (χ0n) is 19.9. The van der Waals surface area contributed by atoms with E-state index in [1.165, 1.54) is 4.90 Å². The van der Waals surface area contributed by atoms with Gasteiger partial charge >= 0.3 is 0 Å². The lowest BCUT2D eigenvalue weighted by Crippen LogP contribution is -2.44. The Kier molecular flexibility index (Phi) is 5.90. The van der Waals surface area contributed by atoms with Crippen LogP contribution in [0.15, 0.2) is 54.7 Å². The molecule has 2 aromatic carbocycles.